The molecule has 0 bridgehead atoms. The Kier molecular flexibility index (Phi) is 2.80. The van der Waals surface area contributed by atoms with Crippen molar-refractivity contribution in [3.8, 4) is 11.3 Å². The van der Waals surface area contributed by atoms with E-state index in [1.165, 1.54) is 11.3 Å². The standard InChI is InChI=1S/C13H10BrN3S/c1-7-17-12(13(15)18-7)9-4-5-10(14)8-3-2-6-16-11(8)9/h2-6H,15H2,1H3. The minimum Gasteiger partial charge on any atom is -0.389 e. The lowest BCUT2D eigenvalue weighted by atomic mass is 10.1. The summed E-state index contributed by atoms with van der Waals surface area (Å²) in [5, 5.41) is 2.77. The molecule has 0 fully saturated rings. The van der Waals surface area contributed by atoms with Crippen LogP contribution in [0.4, 0.5) is 5.00 Å². The lowest BCUT2D eigenvalue weighted by Gasteiger charge is -2.05. The quantitative estimate of drug-likeness (QED) is 0.737. The van der Waals surface area contributed by atoms with Crippen LogP contribution in [0.1, 0.15) is 5.01 Å². The lowest BCUT2D eigenvalue weighted by Crippen LogP contribution is -1.89. The van der Waals surface area contributed by atoms with Gasteiger partial charge in [-0.3, -0.25) is 4.98 Å². The van der Waals surface area contributed by atoms with Crippen LogP contribution in [-0.2, 0) is 0 Å². The van der Waals surface area contributed by atoms with Crippen LogP contribution >= 0.6 is 27.3 Å². The van der Waals surface area contributed by atoms with Gasteiger partial charge in [0.05, 0.1) is 10.5 Å². The van der Waals surface area contributed by atoms with Gasteiger partial charge in [0.25, 0.3) is 0 Å². The molecule has 0 atom stereocenters. The molecule has 0 unspecified atom stereocenters. The van der Waals surface area contributed by atoms with Gasteiger partial charge in [0.1, 0.15) is 10.7 Å². The van der Waals surface area contributed by atoms with E-state index >= 15 is 0 Å². The highest BCUT2D eigenvalue weighted by Crippen LogP contribution is 2.36. The molecule has 3 nitrogen and oxygen atoms in total. The smallest absolute Gasteiger partial charge is 0.114 e. The number of fused-ring (bicyclic) bond motifs is 1. The summed E-state index contributed by atoms with van der Waals surface area (Å²) in [6.45, 7) is 1.96. The van der Waals surface area contributed by atoms with Gasteiger partial charge in [-0.15, -0.1) is 11.3 Å². The van der Waals surface area contributed by atoms with Crippen molar-refractivity contribution in [3.05, 3.63) is 39.9 Å². The zero-order valence-electron chi connectivity index (χ0n) is 9.64. The molecule has 0 amide bonds. The van der Waals surface area contributed by atoms with E-state index in [9.17, 15) is 0 Å². The number of aryl methyl sites for hydroxylation is 1. The molecule has 90 valence electrons. The Labute approximate surface area is 117 Å². The molecule has 5 heteroatoms. The highest BCUT2D eigenvalue weighted by molar-refractivity contribution is 9.10. The maximum atomic E-state index is 6.02. The molecule has 0 saturated carbocycles. The Bertz CT molecular complexity index is 736. The molecule has 1 aromatic carbocycles. The molecule has 2 heterocycles. The highest BCUT2D eigenvalue weighted by atomic mass is 79.9. The number of pyridine rings is 1. The molecule has 0 saturated heterocycles. The van der Waals surface area contributed by atoms with Crippen LogP contribution in [0.2, 0.25) is 0 Å². The van der Waals surface area contributed by atoms with Crippen LogP contribution in [0.5, 0.6) is 0 Å². The van der Waals surface area contributed by atoms with Gasteiger partial charge in [-0.2, -0.15) is 0 Å². The van der Waals surface area contributed by atoms with Gasteiger partial charge in [0.2, 0.25) is 0 Å². The van der Waals surface area contributed by atoms with E-state index in [2.05, 4.69) is 25.9 Å². The van der Waals surface area contributed by atoms with Crippen molar-refractivity contribution in [2.45, 2.75) is 6.92 Å². The summed E-state index contributed by atoms with van der Waals surface area (Å²) in [7, 11) is 0. The predicted octanol–water partition coefficient (Wildman–Crippen LogP) is 4.01. The van der Waals surface area contributed by atoms with Crippen LogP contribution < -0.4 is 5.73 Å². The Morgan fingerprint density at radius 1 is 1.28 bits per heavy atom. The van der Waals surface area contributed by atoms with Gasteiger partial charge < -0.3 is 5.73 Å². The van der Waals surface area contributed by atoms with Crippen molar-refractivity contribution in [1.29, 1.82) is 0 Å². The molecule has 2 aromatic heterocycles. The monoisotopic (exact) mass is 319 g/mol. The van der Waals surface area contributed by atoms with Crippen molar-refractivity contribution in [3.63, 3.8) is 0 Å². The summed E-state index contributed by atoms with van der Waals surface area (Å²) in [6.07, 6.45) is 1.79. The summed E-state index contributed by atoms with van der Waals surface area (Å²) < 4.78 is 1.03. The number of hydrogen-bond acceptors (Lipinski definition) is 4. The molecule has 0 aliphatic rings. The number of nitrogen functional groups attached to an aromatic ring is 1. The zero-order chi connectivity index (χ0) is 12.7. The second kappa shape index (κ2) is 4.33. The number of hydrogen-bond donors (Lipinski definition) is 1. The number of halogens is 1. The average Bonchev–Trinajstić information content (AvgIpc) is 2.69. The molecule has 0 radical (unpaired) electrons. The molecule has 3 aromatic rings. The number of nitrogens with zero attached hydrogens (tertiary/aromatic N) is 2. The largest absolute Gasteiger partial charge is 0.389 e. The van der Waals surface area contributed by atoms with Crippen LogP contribution in [0.15, 0.2) is 34.9 Å². The fourth-order valence-corrected chi connectivity index (χ4v) is 3.12. The lowest BCUT2D eigenvalue weighted by molar-refractivity contribution is 1.29. The first-order valence-corrected chi connectivity index (χ1v) is 7.04. The second-order valence-corrected chi connectivity index (χ2v) is 6.03. The van der Waals surface area contributed by atoms with Crippen molar-refractivity contribution >= 4 is 43.2 Å². The van der Waals surface area contributed by atoms with Gasteiger partial charge in [-0.1, -0.05) is 22.0 Å². The van der Waals surface area contributed by atoms with E-state index in [-0.39, 0.29) is 0 Å². The topological polar surface area (TPSA) is 51.8 Å². The fourth-order valence-electron chi connectivity index (χ4n) is 1.96. The van der Waals surface area contributed by atoms with Crippen molar-refractivity contribution in [2.75, 3.05) is 5.73 Å². The van der Waals surface area contributed by atoms with E-state index in [0.29, 0.717) is 0 Å². The summed E-state index contributed by atoms with van der Waals surface area (Å²) in [6, 6.07) is 7.97. The Balaban J connectivity index is 2.37. The van der Waals surface area contributed by atoms with Crippen LogP contribution in [0, 0.1) is 6.92 Å². The van der Waals surface area contributed by atoms with E-state index in [4.69, 9.17) is 5.73 Å². The molecule has 0 aliphatic carbocycles. The molecule has 18 heavy (non-hydrogen) atoms. The second-order valence-electron chi connectivity index (χ2n) is 3.94. The minimum atomic E-state index is 0.738. The first kappa shape index (κ1) is 11.6. The van der Waals surface area contributed by atoms with Crippen molar-refractivity contribution in [2.24, 2.45) is 0 Å². The first-order valence-electron chi connectivity index (χ1n) is 5.43. The average molecular weight is 320 g/mol. The van der Waals surface area contributed by atoms with Crippen molar-refractivity contribution < 1.29 is 0 Å². The third-order valence-corrected chi connectivity index (χ3v) is 4.22. The SMILES string of the molecule is Cc1nc(-c2ccc(Br)c3cccnc23)c(N)s1. The van der Waals surface area contributed by atoms with E-state index in [1.54, 1.807) is 6.20 Å². The highest BCUT2D eigenvalue weighted by Gasteiger charge is 2.13. The first-order chi connectivity index (χ1) is 8.66. The van der Waals surface area contributed by atoms with Gasteiger partial charge in [0, 0.05) is 21.6 Å². The Hall–Kier alpha value is -1.46. The summed E-state index contributed by atoms with van der Waals surface area (Å²) in [4.78, 5) is 8.95. The van der Waals surface area contributed by atoms with Crippen LogP contribution in [0.3, 0.4) is 0 Å². The van der Waals surface area contributed by atoms with Gasteiger partial charge in [-0.05, 0) is 25.1 Å². The van der Waals surface area contributed by atoms with Gasteiger partial charge >= 0.3 is 0 Å². The Morgan fingerprint density at radius 3 is 2.83 bits per heavy atom. The molecule has 3 rings (SSSR count). The molecule has 0 spiro atoms. The van der Waals surface area contributed by atoms with Gasteiger partial charge in [-0.25, -0.2) is 4.98 Å². The normalized spacial score (nSPS) is 11.0. The number of nitrogens with two attached hydrogens (primary N) is 1. The number of benzene rings is 1. The summed E-state index contributed by atoms with van der Waals surface area (Å²) in [5.74, 6) is 0. The van der Waals surface area contributed by atoms with E-state index in [1.807, 2.05) is 31.2 Å². The van der Waals surface area contributed by atoms with Crippen LogP contribution in [0.25, 0.3) is 22.2 Å². The van der Waals surface area contributed by atoms with E-state index in [0.717, 1.165) is 36.6 Å². The maximum absolute atomic E-state index is 6.02. The molecule has 0 aliphatic heterocycles. The summed E-state index contributed by atoms with van der Waals surface area (Å²) in [5.41, 5.74) is 8.75. The molecule has 2 N–H and O–H groups in total. The van der Waals surface area contributed by atoms with Gasteiger partial charge in [0.15, 0.2) is 0 Å². The third kappa shape index (κ3) is 1.79. The maximum Gasteiger partial charge on any atom is 0.114 e. The molecular formula is C13H10BrN3S. The summed E-state index contributed by atoms with van der Waals surface area (Å²) >= 11 is 5.04. The number of aromatic nitrogens is 2. The third-order valence-electron chi connectivity index (χ3n) is 2.73. The van der Waals surface area contributed by atoms with Crippen LogP contribution in [-0.4, -0.2) is 9.97 Å². The molecular weight excluding hydrogens is 310 g/mol. The number of thiazole rings is 1. The number of anilines is 1. The van der Waals surface area contributed by atoms with E-state index < -0.39 is 0 Å². The Morgan fingerprint density at radius 2 is 2.11 bits per heavy atom. The zero-order valence-corrected chi connectivity index (χ0v) is 12.0. The predicted molar refractivity (Wildman–Crippen MR) is 79.7 cm³/mol. The van der Waals surface area contributed by atoms with Crippen molar-refractivity contribution in [1.82, 2.24) is 9.97 Å². The minimum absolute atomic E-state index is 0.738. The fraction of sp³-hybridized carbons (Fsp3) is 0.0769. The number of rotatable bonds is 1.